The number of methoxy groups -OCH3 is 2. The SMILES string of the molecule is COc1ccc([C@@H]2CCCN2CC(=O)NCC(=O)Nc2cccc(Cl)c2C)c(OC)c1. The highest BCUT2D eigenvalue weighted by Crippen LogP contribution is 2.38. The molecule has 3 rings (SSSR count). The minimum atomic E-state index is -0.298. The third-order valence-corrected chi connectivity index (χ3v) is 5.91. The van der Waals surface area contributed by atoms with E-state index in [0.29, 0.717) is 10.7 Å². The van der Waals surface area contributed by atoms with E-state index in [2.05, 4.69) is 15.5 Å². The van der Waals surface area contributed by atoms with Crippen LogP contribution in [0.3, 0.4) is 0 Å². The molecule has 8 heteroatoms. The number of hydrogen-bond acceptors (Lipinski definition) is 5. The van der Waals surface area contributed by atoms with Crippen LogP contribution in [0.4, 0.5) is 5.69 Å². The first-order valence-electron chi connectivity index (χ1n) is 10.2. The number of carbonyl (C=O) groups is 2. The molecule has 1 saturated heterocycles. The Morgan fingerprint density at radius 3 is 2.71 bits per heavy atom. The molecule has 0 bridgehead atoms. The van der Waals surface area contributed by atoms with Crippen molar-refractivity contribution in [2.45, 2.75) is 25.8 Å². The quantitative estimate of drug-likeness (QED) is 0.649. The topological polar surface area (TPSA) is 79.9 Å². The number of amides is 2. The second-order valence-corrected chi connectivity index (χ2v) is 7.88. The first-order valence-corrected chi connectivity index (χ1v) is 10.6. The summed E-state index contributed by atoms with van der Waals surface area (Å²) in [6, 6.07) is 11.1. The highest BCUT2D eigenvalue weighted by atomic mass is 35.5. The molecule has 0 radical (unpaired) electrons. The van der Waals surface area contributed by atoms with Gasteiger partial charge in [0.05, 0.1) is 27.3 Å². The van der Waals surface area contributed by atoms with Crippen LogP contribution in [0.2, 0.25) is 5.02 Å². The third kappa shape index (κ3) is 5.68. The zero-order valence-electron chi connectivity index (χ0n) is 18.0. The average molecular weight is 446 g/mol. The van der Waals surface area contributed by atoms with Crippen LogP contribution < -0.4 is 20.1 Å². The van der Waals surface area contributed by atoms with Crippen LogP contribution in [0.25, 0.3) is 0 Å². The third-order valence-electron chi connectivity index (χ3n) is 5.50. The largest absolute Gasteiger partial charge is 0.497 e. The van der Waals surface area contributed by atoms with E-state index in [1.165, 1.54) is 0 Å². The van der Waals surface area contributed by atoms with Crippen molar-refractivity contribution in [3.63, 3.8) is 0 Å². The van der Waals surface area contributed by atoms with Crippen molar-refractivity contribution < 1.29 is 19.1 Å². The number of benzene rings is 2. The molecular formula is C23H28ClN3O4. The van der Waals surface area contributed by atoms with Gasteiger partial charge in [0.25, 0.3) is 0 Å². The van der Waals surface area contributed by atoms with Gasteiger partial charge in [-0.3, -0.25) is 14.5 Å². The summed E-state index contributed by atoms with van der Waals surface area (Å²) in [5, 5.41) is 6.07. The number of nitrogens with one attached hydrogen (secondary N) is 2. The van der Waals surface area contributed by atoms with E-state index in [9.17, 15) is 9.59 Å². The van der Waals surface area contributed by atoms with Crippen LogP contribution in [-0.4, -0.2) is 50.6 Å². The van der Waals surface area contributed by atoms with Crippen molar-refractivity contribution in [3.8, 4) is 11.5 Å². The maximum absolute atomic E-state index is 12.5. The van der Waals surface area contributed by atoms with Crippen LogP contribution in [-0.2, 0) is 9.59 Å². The molecule has 1 heterocycles. The summed E-state index contributed by atoms with van der Waals surface area (Å²) >= 11 is 6.08. The summed E-state index contributed by atoms with van der Waals surface area (Å²) in [6.07, 6.45) is 1.92. The lowest BCUT2D eigenvalue weighted by Gasteiger charge is -2.25. The first-order chi connectivity index (χ1) is 14.9. The molecule has 0 aliphatic carbocycles. The van der Waals surface area contributed by atoms with Gasteiger partial charge in [0.1, 0.15) is 11.5 Å². The van der Waals surface area contributed by atoms with Crippen LogP contribution in [0.1, 0.15) is 30.0 Å². The van der Waals surface area contributed by atoms with E-state index in [4.69, 9.17) is 21.1 Å². The zero-order chi connectivity index (χ0) is 22.4. The van der Waals surface area contributed by atoms with Crippen LogP contribution in [0.5, 0.6) is 11.5 Å². The highest BCUT2D eigenvalue weighted by molar-refractivity contribution is 6.31. The number of carbonyl (C=O) groups excluding carboxylic acids is 2. The number of hydrogen-bond donors (Lipinski definition) is 2. The Kier molecular flexibility index (Phi) is 7.76. The lowest BCUT2D eigenvalue weighted by atomic mass is 10.0. The smallest absolute Gasteiger partial charge is 0.243 e. The first kappa shape index (κ1) is 22.9. The van der Waals surface area contributed by atoms with Crippen molar-refractivity contribution in [1.29, 1.82) is 0 Å². The maximum Gasteiger partial charge on any atom is 0.243 e. The Bertz CT molecular complexity index is 950. The van der Waals surface area contributed by atoms with E-state index in [1.54, 1.807) is 32.4 Å². The minimum absolute atomic E-state index is 0.0783. The molecule has 1 fully saturated rings. The van der Waals surface area contributed by atoms with Crippen molar-refractivity contribution in [2.75, 3.05) is 39.2 Å². The summed E-state index contributed by atoms with van der Waals surface area (Å²) in [4.78, 5) is 26.8. The van der Waals surface area contributed by atoms with Crippen molar-refractivity contribution in [3.05, 3.63) is 52.5 Å². The molecule has 0 saturated carbocycles. The van der Waals surface area contributed by atoms with Crippen LogP contribution in [0, 0.1) is 6.92 Å². The van der Waals surface area contributed by atoms with E-state index in [1.807, 2.05) is 25.1 Å². The molecule has 1 aliphatic heterocycles. The maximum atomic E-state index is 12.5. The van der Waals surface area contributed by atoms with Crippen molar-refractivity contribution in [2.24, 2.45) is 0 Å². The van der Waals surface area contributed by atoms with Gasteiger partial charge >= 0.3 is 0 Å². The van der Waals surface area contributed by atoms with Crippen molar-refractivity contribution in [1.82, 2.24) is 10.2 Å². The normalized spacial score (nSPS) is 16.1. The van der Waals surface area contributed by atoms with Gasteiger partial charge in [-0.1, -0.05) is 23.7 Å². The zero-order valence-corrected chi connectivity index (χ0v) is 18.8. The summed E-state index contributed by atoms with van der Waals surface area (Å²) in [5.74, 6) is 0.975. The minimum Gasteiger partial charge on any atom is -0.497 e. The molecule has 0 spiro atoms. The molecule has 2 aromatic carbocycles. The van der Waals surface area contributed by atoms with E-state index < -0.39 is 0 Å². The van der Waals surface area contributed by atoms with Crippen LogP contribution >= 0.6 is 11.6 Å². The van der Waals surface area contributed by atoms with Gasteiger partial charge in [0, 0.05) is 28.4 Å². The molecule has 2 aromatic rings. The molecule has 2 amide bonds. The number of halogens is 1. The molecule has 166 valence electrons. The summed E-state index contributed by atoms with van der Waals surface area (Å²) in [6.45, 7) is 2.75. The molecule has 0 aromatic heterocycles. The summed E-state index contributed by atoms with van der Waals surface area (Å²) < 4.78 is 10.8. The molecule has 1 aliphatic rings. The van der Waals surface area contributed by atoms with Gasteiger partial charge < -0.3 is 20.1 Å². The van der Waals surface area contributed by atoms with Gasteiger partial charge in [0.2, 0.25) is 11.8 Å². The van der Waals surface area contributed by atoms with E-state index in [0.717, 1.165) is 42.0 Å². The molecule has 2 N–H and O–H groups in total. The summed E-state index contributed by atoms with van der Waals surface area (Å²) in [7, 11) is 3.25. The van der Waals surface area contributed by atoms with Gasteiger partial charge in [-0.25, -0.2) is 0 Å². The van der Waals surface area contributed by atoms with E-state index in [-0.39, 0.29) is 30.9 Å². The lowest BCUT2D eigenvalue weighted by molar-refractivity contribution is -0.125. The molecular weight excluding hydrogens is 418 g/mol. The van der Waals surface area contributed by atoms with Gasteiger partial charge in [-0.05, 0) is 50.1 Å². The standard InChI is InChI=1S/C23H28ClN3O4/c1-15-18(24)6-4-7-19(15)26-22(28)13-25-23(29)14-27-11-5-8-20(27)17-10-9-16(30-2)12-21(17)31-3/h4,6-7,9-10,12,20H,5,8,11,13-14H2,1-3H3,(H,25,29)(H,26,28)/t20-/m0/s1. The highest BCUT2D eigenvalue weighted by Gasteiger charge is 2.30. The number of nitrogens with zero attached hydrogens (tertiary/aromatic N) is 1. The number of likely N-dealkylation sites (tertiary alicyclic amines) is 1. The number of rotatable bonds is 8. The molecule has 31 heavy (non-hydrogen) atoms. The average Bonchev–Trinajstić information content (AvgIpc) is 3.22. The number of anilines is 1. The molecule has 7 nitrogen and oxygen atoms in total. The Morgan fingerprint density at radius 1 is 1.16 bits per heavy atom. The van der Waals surface area contributed by atoms with Crippen LogP contribution in [0.15, 0.2) is 36.4 Å². The van der Waals surface area contributed by atoms with Gasteiger partial charge in [0.15, 0.2) is 0 Å². The predicted molar refractivity (Wildman–Crippen MR) is 121 cm³/mol. The predicted octanol–water partition coefficient (Wildman–Crippen LogP) is 3.56. The van der Waals surface area contributed by atoms with Gasteiger partial charge in [-0.2, -0.15) is 0 Å². The fraction of sp³-hybridized carbons (Fsp3) is 0.391. The lowest BCUT2D eigenvalue weighted by Crippen LogP contribution is -2.40. The molecule has 1 atom stereocenters. The Balaban J connectivity index is 1.56. The Morgan fingerprint density at radius 2 is 1.97 bits per heavy atom. The monoisotopic (exact) mass is 445 g/mol. The Labute approximate surface area is 187 Å². The summed E-state index contributed by atoms with van der Waals surface area (Å²) in [5.41, 5.74) is 2.46. The Hall–Kier alpha value is -2.77. The van der Waals surface area contributed by atoms with E-state index >= 15 is 0 Å². The number of ether oxygens (including phenoxy) is 2. The second-order valence-electron chi connectivity index (χ2n) is 7.47. The van der Waals surface area contributed by atoms with Gasteiger partial charge in [-0.15, -0.1) is 0 Å². The fourth-order valence-electron chi connectivity index (χ4n) is 3.82. The molecule has 0 unspecified atom stereocenters. The fourth-order valence-corrected chi connectivity index (χ4v) is 3.99. The second kappa shape index (κ2) is 10.5. The van der Waals surface area contributed by atoms with Crippen molar-refractivity contribution >= 4 is 29.1 Å².